The number of aromatic nitrogens is 2. The maximum atomic E-state index is 4.22. The van der Waals surface area contributed by atoms with Gasteiger partial charge in [-0.15, -0.1) is 0 Å². The fourth-order valence-corrected chi connectivity index (χ4v) is 1.77. The number of piperazine rings is 1. The Morgan fingerprint density at radius 2 is 2.29 bits per heavy atom. The molecule has 0 spiro atoms. The standard InChI is InChI=1S/C10H16N4/c1-9-7-14(6-5-11-9)8-10-12-3-2-4-13-10/h2-4,9,11H,5-8H2,1H3/t9-/m0/s1. The summed E-state index contributed by atoms with van der Waals surface area (Å²) >= 11 is 0. The van der Waals surface area contributed by atoms with Crippen molar-refractivity contribution < 1.29 is 0 Å². The van der Waals surface area contributed by atoms with Gasteiger partial charge in [-0.1, -0.05) is 0 Å². The van der Waals surface area contributed by atoms with E-state index >= 15 is 0 Å². The first-order valence-electron chi connectivity index (χ1n) is 5.06. The molecule has 76 valence electrons. The third-order valence-corrected chi connectivity index (χ3v) is 2.44. The monoisotopic (exact) mass is 192 g/mol. The highest BCUT2D eigenvalue weighted by molar-refractivity contribution is 4.89. The van der Waals surface area contributed by atoms with Crippen LogP contribution in [0.25, 0.3) is 0 Å². The van der Waals surface area contributed by atoms with Crippen LogP contribution >= 0.6 is 0 Å². The molecule has 0 saturated carbocycles. The van der Waals surface area contributed by atoms with E-state index in [-0.39, 0.29) is 0 Å². The van der Waals surface area contributed by atoms with Gasteiger partial charge in [-0.05, 0) is 13.0 Å². The summed E-state index contributed by atoms with van der Waals surface area (Å²) < 4.78 is 0. The van der Waals surface area contributed by atoms with Crippen LogP contribution in [0.5, 0.6) is 0 Å². The molecule has 2 heterocycles. The zero-order chi connectivity index (χ0) is 9.80. The Balaban J connectivity index is 1.91. The van der Waals surface area contributed by atoms with Crippen molar-refractivity contribution in [2.24, 2.45) is 0 Å². The van der Waals surface area contributed by atoms with Crippen molar-refractivity contribution >= 4 is 0 Å². The quantitative estimate of drug-likeness (QED) is 0.730. The summed E-state index contributed by atoms with van der Waals surface area (Å²) in [5.74, 6) is 0.918. The van der Waals surface area contributed by atoms with E-state index in [1.54, 1.807) is 12.4 Å². The van der Waals surface area contributed by atoms with Gasteiger partial charge >= 0.3 is 0 Å². The Morgan fingerprint density at radius 3 is 3.00 bits per heavy atom. The smallest absolute Gasteiger partial charge is 0.142 e. The van der Waals surface area contributed by atoms with E-state index in [1.165, 1.54) is 0 Å². The third kappa shape index (κ3) is 2.49. The van der Waals surface area contributed by atoms with Crippen molar-refractivity contribution in [2.45, 2.75) is 19.5 Å². The van der Waals surface area contributed by atoms with Crippen LogP contribution in [-0.4, -0.2) is 40.5 Å². The Labute approximate surface area is 84.4 Å². The van der Waals surface area contributed by atoms with Crippen molar-refractivity contribution in [3.8, 4) is 0 Å². The van der Waals surface area contributed by atoms with Gasteiger partial charge in [0.25, 0.3) is 0 Å². The number of hydrogen-bond acceptors (Lipinski definition) is 4. The molecule has 1 atom stereocenters. The highest BCUT2D eigenvalue weighted by Crippen LogP contribution is 2.02. The molecule has 0 bridgehead atoms. The van der Waals surface area contributed by atoms with E-state index in [2.05, 4.69) is 27.1 Å². The maximum absolute atomic E-state index is 4.22. The second-order valence-electron chi connectivity index (χ2n) is 3.76. The Morgan fingerprint density at radius 1 is 1.50 bits per heavy atom. The summed E-state index contributed by atoms with van der Waals surface area (Å²) in [6, 6.07) is 2.43. The lowest BCUT2D eigenvalue weighted by atomic mass is 10.2. The van der Waals surface area contributed by atoms with Gasteiger partial charge in [0.2, 0.25) is 0 Å². The van der Waals surface area contributed by atoms with Gasteiger partial charge in [-0.3, -0.25) is 4.90 Å². The van der Waals surface area contributed by atoms with Crippen LogP contribution in [0.15, 0.2) is 18.5 Å². The third-order valence-electron chi connectivity index (χ3n) is 2.44. The first-order valence-corrected chi connectivity index (χ1v) is 5.06. The minimum absolute atomic E-state index is 0.576. The van der Waals surface area contributed by atoms with E-state index < -0.39 is 0 Å². The maximum Gasteiger partial charge on any atom is 0.142 e. The van der Waals surface area contributed by atoms with Gasteiger partial charge in [0.1, 0.15) is 5.82 Å². The topological polar surface area (TPSA) is 41.1 Å². The zero-order valence-corrected chi connectivity index (χ0v) is 8.48. The van der Waals surface area contributed by atoms with Gasteiger partial charge in [-0.2, -0.15) is 0 Å². The molecule has 1 N–H and O–H groups in total. The molecule has 1 aliphatic heterocycles. The molecule has 4 nitrogen and oxygen atoms in total. The van der Waals surface area contributed by atoms with E-state index in [9.17, 15) is 0 Å². The molecule has 1 aromatic heterocycles. The van der Waals surface area contributed by atoms with Crippen LogP contribution in [0.2, 0.25) is 0 Å². The molecule has 0 radical (unpaired) electrons. The first kappa shape index (κ1) is 9.55. The minimum Gasteiger partial charge on any atom is -0.312 e. The van der Waals surface area contributed by atoms with Gasteiger partial charge in [0, 0.05) is 38.1 Å². The minimum atomic E-state index is 0.576. The van der Waals surface area contributed by atoms with Crippen LogP contribution in [-0.2, 0) is 6.54 Å². The lowest BCUT2D eigenvalue weighted by Crippen LogP contribution is -2.48. The van der Waals surface area contributed by atoms with Crippen molar-refractivity contribution in [1.82, 2.24) is 20.2 Å². The second kappa shape index (κ2) is 4.48. The molecule has 0 aliphatic carbocycles. The Hall–Kier alpha value is -1.00. The summed E-state index contributed by atoms with van der Waals surface area (Å²) in [6.45, 7) is 6.31. The van der Waals surface area contributed by atoms with Gasteiger partial charge in [0.05, 0.1) is 6.54 Å². The summed E-state index contributed by atoms with van der Waals surface area (Å²) in [7, 11) is 0. The van der Waals surface area contributed by atoms with Crippen LogP contribution in [0.1, 0.15) is 12.7 Å². The van der Waals surface area contributed by atoms with Gasteiger partial charge < -0.3 is 5.32 Å². The normalized spacial score (nSPS) is 23.6. The molecular formula is C10H16N4. The predicted molar refractivity (Wildman–Crippen MR) is 54.8 cm³/mol. The number of hydrogen-bond donors (Lipinski definition) is 1. The molecule has 0 amide bonds. The zero-order valence-electron chi connectivity index (χ0n) is 8.48. The van der Waals surface area contributed by atoms with Gasteiger partial charge in [-0.25, -0.2) is 9.97 Å². The SMILES string of the molecule is C[C@H]1CN(Cc2ncccn2)CCN1. The molecule has 4 heteroatoms. The average Bonchev–Trinajstić information content (AvgIpc) is 2.19. The summed E-state index contributed by atoms with van der Waals surface area (Å²) in [5, 5.41) is 3.42. The molecule has 2 rings (SSSR count). The molecule has 14 heavy (non-hydrogen) atoms. The number of nitrogens with zero attached hydrogens (tertiary/aromatic N) is 3. The van der Waals surface area contributed by atoms with Crippen LogP contribution in [0.3, 0.4) is 0 Å². The largest absolute Gasteiger partial charge is 0.312 e. The fourth-order valence-electron chi connectivity index (χ4n) is 1.77. The summed E-state index contributed by atoms with van der Waals surface area (Å²) in [6.07, 6.45) is 3.60. The summed E-state index contributed by atoms with van der Waals surface area (Å²) in [5.41, 5.74) is 0. The van der Waals surface area contributed by atoms with E-state index in [0.717, 1.165) is 32.0 Å². The van der Waals surface area contributed by atoms with E-state index in [4.69, 9.17) is 0 Å². The average molecular weight is 192 g/mol. The molecule has 0 aromatic carbocycles. The molecule has 0 unspecified atom stereocenters. The van der Waals surface area contributed by atoms with Crippen molar-refractivity contribution in [3.05, 3.63) is 24.3 Å². The van der Waals surface area contributed by atoms with Crippen molar-refractivity contribution in [1.29, 1.82) is 0 Å². The molecule has 1 fully saturated rings. The number of nitrogens with one attached hydrogen (secondary N) is 1. The van der Waals surface area contributed by atoms with E-state index in [0.29, 0.717) is 6.04 Å². The second-order valence-corrected chi connectivity index (χ2v) is 3.76. The Kier molecular flexibility index (Phi) is 3.06. The predicted octanol–water partition coefficient (Wildman–Crippen LogP) is 0.270. The molecular weight excluding hydrogens is 176 g/mol. The van der Waals surface area contributed by atoms with Crippen LogP contribution in [0, 0.1) is 0 Å². The van der Waals surface area contributed by atoms with Crippen LogP contribution in [0.4, 0.5) is 0 Å². The molecule has 1 aromatic rings. The molecule has 1 aliphatic rings. The highest BCUT2D eigenvalue weighted by atomic mass is 15.2. The number of rotatable bonds is 2. The Bertz CT molecular complexity index is 275. The first-order chi connectivity index (χ1) is 6.84. The van der Waals surface area contributed by atoms with Gasteiger partial charge in [0.15, 0.2) is 0 Å². The fraction of sp³-hybridized carbons (Fsp3) is 0.600. The lowest BCUT2D eigenvalue weighted by molar-refractivity contribution is 0.195. The lowest BCUT2D eigenvalue weighted by Gasteiger charge is -2.31. The van der Waals surface area contributed by atoms with Crippen molar-refractivity contribution in [3.63, 3.8) is 0 Å². The molecule has 1 saturated heterocycles. The van der Waals surface area contributed by atoms with Crippen LogP contribution < -0.4 is 5.32 Å². The summed E-state index contributed by atoms with van der Waals surface area (Å²) in [4.78, 5) is 10.8. The highest BCUT2D eigenvalue weighted by Gasteiger charge is 2.15. The van der Waals surface area contributed by atoms with E-state index in [1.807, 2.05) is 6.07 Å². The van der Waals surface area contributed by atoms with Crippen molar-refractivity contribution in [2.75, 3.05) is 19.6 Å².